The van der Waals surface area contributed by atoms with E-state index in [1.807, 2.05) is 19.2 Å². The third kappa shape index (κ3) is 2.70. The van der Waals surface area contributed by atoms with E-state index in [9.17, 15) is 0 Å². The highest BCUT2D eigenvalue weighted by atomic mass is 16.6. The predicted octanol–water partition coefficient (Wildman–Crippen LogP) is -0.442. The van der Waals surface area contributed by atoms with Gasteiger partial charge in [0.15, 0.2) is 0 Å². The van der Waals surface area contributed by atoms with Crippen molar-refractivity contribution in [2.75, 3.05) is 13.6 Å². The van der Waals surface area contributed by atoms with Crippen molar-refractivity contribution in [3.05, 3.63) is 12.2 Å². The number of rotatable bonds is 5. The minimum atomic E-state index is -0.302. The summed E-state index contributed by atoms with van der Waals surface area (Å²) in [5.74, 6) is 0.675. The Morgan fingerprint density at radius 2 is 2.35 bits per heavy atom. The molecule has 1 saturated carbocycles. The average Bonchev–Trinajstić information content (AvgIpc) is 3.18. The van der Waals surface area contributed by atoms with Crippen LogP contribution in [0.1, 0.15) is 19.3 Å². The Kier molecular flexibility index (Phi) is 3.73. The van der Waals surface area contributed by atoms with Gasteiger partial charge in [0.25, 0.3) is 0 Å². The molecule has 2 aliphatic heterocycles. The molecule has 7 heteroatoms. The Bertz CT molecular complexity index is 456. The lowest BCUT2D eigenvalue weighted by Crippen LogP contribution is -2.53. The van der Waals surface area contributed by atoms with Crippen LogP contribution in [0.25, 0.3) is 0 Å². The number of nitrogens with one attached hydrogen (secondary N) is 1. The second-order valence-corrected chi connectivity index (χ2v) is 5.56. The first kappa shape index (κ1) is 13.5. The fraction of sp³-hybridized carbons (Fsp3) is 0.692. The maximum atomic E-state index is 6.07. The number of hydrogen-bond acceptors (Lipinski definition) is 7. The molecule has 0 saturated heterocycles. The lowest BCUT2D eigenvalue weighted by molar-refractivity contribution is 0.0694. The van der Waals surface area contributed by atoms with Gasteiger partial charge < -0.3 is 21.6 Å². The highest BCUT2D eigenvalue weighted by molar-refractivity contribution is 6.46. The summed E-state index contributed by atoms with van der Waals surface area (Å²) >= 11 is 0. The van der Waals surface area contributed by atoms with Crippen LogP contribution in [-0.4, -0.2) is 48.5 Å². The minimum absolute atomic E-state index is 0.233. The number of hydrazone groups is 1. The second kappa shape index (κ2) is 5.51. The first-order chi connectivity index (χ1) is 9.69. The van der Waals surface area contributed by atoms with Crippen LogP contribution in [0.5, 0.6) is 0 Å². The van der Waals surface area contributed by atoms with Gasteiger partial charge in [-0.15, -0.1) is 0 Å². The molecule has 0 aromatic heterocycles. The third-order valence-corrected chi connectivity index (χ3v) is 3.87. The highest BCUT2D eigenvalue weighted by Crippen LogP contribution is 2.38. The van der Waals surface area contributed by atoms with Crippen molar-refractivity contribution in [2.24, 2.45) is 27.6 Å². The molecule has 1 aliphatic carbocycles. The van der Waals surface area contributed by atoms with Crippen molar-refractivity contribution < 1.29 is 4.84 Å². The summed E-state index contributed by atoms with van der Waals surface area (Å²) < 4.78 is 0. The Labute approximate surface area is 118 Å². The molecule has 1 fully saturated rings. The zero-order valence-corrected chi connectivity index (χ0v) is 11.7. The lowest BCUT2D eigenvalue weighted by atomic mass is 10.0. The van der Waals surface area contributed by atoms with E-state index < -0.39 is 0 Å². The van der Waals surface area contributed by atoms with Gasteiger partial charge in [0.2, 0.25) is 0 Å². The normalized spacial score (nSPS) is 30.9. The first-order valence-corrected chi connectivity index (χ1v) is 7.13. The monoisotopic (exact) mass is 278 g/mol. The van der Waals surface area contributed by atoms with Gasteiger partial charge in [0.1, 0.15) is 29.9 Å². The molecule has 0 aromatic rings. The van der Waals surface area contributed by atoms with Gasteiger partial charge in [0.05, 0.1) is 0 Å². The van der Waals surface area contributed by atoms with Gasteiger partial charge in [-0.2, -0.15) is 5.10 Å². The topological polar surface area (TPSA) is 101 Å². The van der Waals surface area contributed by atoms with Crippen molar-refractivity contribution in [1.82, 2.24) is 10.3 Å². The van der Waals surface area contributed by atoms with Gasteiger partial charge in [-0.1, -0.05) is 5.16 Å². The number of allylic oxidation sites excluding steroid dienone is 1. The zero-order chi connectivity index (χ0) is 14.1. The number of nitrogens with two attached hydrogens (primary N) is 2. The Morgan fingerprint density at radius 1 is 1.55 bits per heavy atom. The van der Waals surface area contributed by atoms with Crippen LogP contribution in [0.2, 0.25) is 0 Å². The maximum Gasteiger partial charge on any atom is 0.136 e. The summed E-state index contributed by atoms with van der Waals surface area (Å²) in [5.41, 5.74) is 13.8. The van der Waals surface area contributed by atoms with Crippen LogP contribution < -0.4 is 16.8 Å². The number of oxime groups is 1. The third-order valence-electron chi connectivity index (χ3n) is 3.87. The van der Waals surface area contributed by atoms with Crippen molar-refractivity contribution in [3.63, 3.8) is 0 Å². The molecule has 3 unspecified atom stereocenters. The minimum Gasteiger partial charge on any atom is -0.391 e. The van der Waals surface area contributed by atoms with Gasteiger partial charge in [0, 0.05) is 13.0 Å². The second-order valence-electron chi connectivity index (χ2n) is 5.56. The Balaban J connectivity index is 1.69. The van der Waals surface area contributed by atoms with E-state index >= 15 is 0 Å². The average molecular weight is 278 g/mol. The molecule has 0 amide bonds. The first-order valence-electron chi connectivity index (χ1n) is 7.13. The molecule has 3 rings (SSSR count). The standard InChI is InChI=1S/C13H22N6O/c1-16-7-13(15)19-12(14)5-4-9(17-19)10-6-11(20-18-10)8-2-3-8/h4-5,8,11-13,16H,2-3,6-7,14-15H2,1H3. The van der Waals surface area contributed by atoms with Crippen molar-refractivity contribution in [2.45, 2.75) is 37.7 Å². The molecule has 7 nitrogen and oxygen atoms in total. The van der Waals surface area contributed by atoms with Gasteiger partial charge in [-0.25, -0.2) is 0 Å². The molecule has 20 heavy (non-hydrogen) atoms. The zero-order valence-electron chi connectivity index (χ0n) is 11.7. The number of hydrogen-bond donors (Lipinski definition) is 3. The van der Waals surface area contributed by atoms with E-state index in [2.05, 4.69) is 15.6 Å². The molecule has 0 bridgehead atoms. The van der Waals surface area contributed by atoms with Crippen LogP contribution in [0.3, 0.4) is 0 Å². The van der Waals surface area contributed by atoms with Gasteiger partial charge in [-0.3, -0.25) is 5.01 Å². The highest BCUT2D eigenvalue weighted by Gasteiger charge is 2.38. The fourth-order valence-corrected chi connectivity index (χ4v) is 2.52. The number of nitrogens with zero attached hydrogens (tertiary/aromatic N) is 3. The Hall–Kier alpha value is -1.44. The largest absolute Gasteiger partial charge is 0.391 e. The van der Waals surface area contributed by atoms with E-state index in [1.165, 1.54) is 12.8 Å². The van der Waals surface area contributed by atoms with Crippen LogP contribution in [0, 0.1) is 5.92 Å². The predicted molar refractivity (Wildman–Crippen MR) is 77.9 cm³/mol. The molecule has 3 aliphatic rings. The quantitative estimate of drug-likeness (QED) is 0.633. The van der Waals surface area contributed by atoms with Crippen molar-refractivity contribution >= 4 is 11.4 Å². The van der Waals surface area contributed by atoms with Crippen molar-refractivity contribution in [3.8, 4) is 0 Å². The lowest BCUT2D eigenvalue weighted by Gasteiger charge is -2.32. The van der Waals surface area contributed by atoms with Crippen molar-refractivity contribution in [1.29, 1.82) is 0 Å². The summed E-state index contributed by atoms with van der Waals surface area (Å²) in [5, 5.41) is 13.5. The van der Waals surface area contributed by atoms with E-state index in [0.717, 1.165) is 17.8 Å². The molecule has 2 heterocycles. The molecular formula is C13H22N6O. The molecule has 5 N–H and O–H groups in total. The molecule has 110 valence electrons. The van der Waals surface area contributed by atoms with E-state index in [-0.39, 0.29) is 18.4 Å². The molecule has 0 spiro atoms. The smallest absolute Gasteiger partial charge is 0.136 e. The van der Waals surface area contributed by atoms with Crippen LogP contribution in [0.15, 0.2) is 22.4 Å². The SMILES string of the molecule is CNCC(N)N1N=C(C2=NOC(C3CC3)C2)C=CC1N. The Morgan fingerprint density at radius 3 is 3.05 bits per heavy atom. The number of likely N-dealkylation sites (N-methyl/N-ethyl adjacent to an activating group) is 1. The summed E-state index contributed by atoms with van der Waals surface area (Å²) in [4.78, 5) is 5.49. The molecule has 0 radical (unpaired) electrons. The summed E-state index contributed by atoms with van der Waals surface area (Å²) in [7, 11) is 1.85. The summed E-state index contributed by atoms with van der Waals surface area (Å²) in [6.45, 7) is 0.617. The van der Waals surface area contributed by atoms with Crippen LogP contribution >= 0.6 is 0 Å². The van der Waals surface area contributed by atoms with Gasteiger partial charge >= 0.3 is 0 Å². The van der Waals surface area contributed by atoms with Crippen LogP contribution in [0.4, 0.5) is 0 Å². The molecular weight excluding hydrogens is 256 g/mol. The van der Waals surface area contributed by atoms with Gasteiger partial charge in [-0.05, 0) is 38.0 Å². The van der Waals surface area contributed by atoms with E-state index in [0.29, 0.717) is 12.5 Å². The van der Waals surface area contributed by atoms with E-state index in [1.54, 1.807) is 5.01 Å². The van der Waals surface area contributed by atoms with Crippen LogP contribution in [-0.2, 0) is 4.84 Å². The molecule has 0 aromatic carbocycles. The fourth-order valence-electron chi connectivity index (χ4n) is 2.52. The molecule has 3 atom stereocenters. The van der Waals surface area contributed by atoms with E-state index in [4.69, 9.17) is 16.3 Å². The maximum absolute atomic E-state index is 6.07. The summed E-state index contributed by atoms with van der Waals surface area (Å²) in [6.07, 6.45) is 6.80. The summed E-state index contributed by atoms with van der Waals surface area (Å²) in [6, 6.07) is 0.